The molecule has 0 aliphatic carbocycles. The zero-order chi connectivity index (χ0) is 12.8. The Hall–Kier alpha value is -1.55. The van der Waals surface area contributed by atoms with Crippen LogP contribution in [0.5, 0.6) is 0 Å². The number of para-hydroxylation sites is 2. The van der Waals surface area contributed by atoms with E-state index in [2.05, 4.69) is 46.1 Å². The maximum atomic E-state index is 4.81. The van der Waals surface area contributed by atoms with E-state index in [0.717, 1.165) is 30.5 Å². The molecule has 0 bridgehead atoms. The van der Waals surface area contributed by atoms with Crippen LogP contribution in [-0.4, -0.2) is 35.2 Å². The van der Waals surface area contributed by atoms with Gasteiger partial charge in [0, 0.05) is 26.2 Å². The van der Waals surface area contributed by atoms with Crippen LogP contribution >= 0.6 is 0 Å². The summed E-state index contributed by atoms with van der Waals surface area (Å²) in [5.74, 6) is 1.92. The average molecular weight is 256 g/mol. The SMILES string of the molecule is Cn1c(N2C[C@@H]3CCCN[C@@H]3C2)nc2ccccc21. The van der Waals surface area contributed by atoms with Gasteiger partial charge in [-0.25, -0.2) is 4.98 Å². The minimum Gasteiger partial charge on any atom is -0.340 e. The Balaban J connectivity index is 1.69. The summed E-state index contributed by atoms with van der Waals surface area (Å²) in [7, 11) is 2.13. The van der Waals surface area contributed by atoms with Crippen LogP contribution in [0.4, 0.5) is 5.95 Å². The molecule has 2 fully saturated rings. The number of nitrogens with one attached hydrogen (secondary N) is 1. The van der Waals surface area contributed by atoms with Crippen LogP contribution in [-0.2, 0) is 7.05 Å². The number of hydrogen-bond acceptors (Lipinski definition) is 3. The highest BCUT2D eigenvalue weighted by Crippen LogP contribution is 2.30. The van der Waals surface area contributed by atoms with Gasteiger partial charge < -0.3 is 14.8 Å². The molecule has 0 amide bonds. The standard InChI is InChI=1S/C15H20N4/c1-18-14-7-3-2-6-12(14)17-15(18)19-9-11-5-4-8-16-13(11)10-19/h2-3,6-7,11,13,16H,4-5,8-10H2,1H3/t11-,13+/m0/s1. The lowest BCUT2D eigenvalue weighted by molar-refractivity contribution is 0.340. The summed E-state index contributed by atoms with van der Waals surface area (Å²) >= 11 is 0. The molecule has 3 heterocycles. The number of hydrogen-bond donors (Lipinski definition) is 1. The molecule has 4 rings (SSSR count). The molecule has 0 saturated carbocycles. The summed E-state index contributed by atoms with van der Waals surface area (Å²) in [6, 6.07) is 9.05. The minimum absolute atomic E-state index is 0.661. The van der Waals surface area contributed by atoms with Gasteiger partial charge in [-0.05, 0) is 37.4 Å². The van der Waals surface area contributed by atoms with Crippen molar-refractivity contribution in [2.45, 2.75) is 18.9 Å². The predicted octanol–water partition coefficient (Wildman–Crippen LogP) is 1.76. The van der Waals surface area contributed by atoms with Crippen molar-refractivity contribution in [3.05, 3.63) is 24.3 Å². The molecule has 0 spiro atoms. The van der Waals surface area contributed by atoms with E-state index in [1.165, 1.54) is 24.9 Å². The summed E-state index contributed by atoms with van der Waals surface area (Å²) in [5.41, 5.74) is 2.32. The molecular formula is C15H20N4. The average Bonchev–Trinajstić information content (AvgIpc) is 3.00. The molecule has 100 valence electrons. The summed E-state index contributed by atoms with van der Waals surface area (Å²) < 4.78 is 2.23. The first-order chi connectivity index (χ1) is 9.33. The number of nitrogens with zero attached hydrogens (tertiary/aromatic N) is 3. The van der Waals surface area contributed by atoms with Crippen LogP contribution in [0.25, 0.3) is 11.0 Å². The van der Waals surface area contributed by atoms with Crippen molar-refractivity contribution in [1.29, 1.82) is 0 Å². The first kappa shape index (κ1) is 11.3. The molecule has 1 N–H and O–H groups in total. The third-order valence-electron chi connectivity index (χ3n) is 4.65. The number of anilines is 1. The fourth-order valence-corrected chi connectivity index (χ4v) is 3.63. The van der Waals surface area contributed by atoms with Crippen molar-refractivity contribution in [2.75, 3.05) is 24.5 Å². The van der Waals surface area contributed by atoms with E-state index in [-0.39, 0.29) is 0 Å². The maximum Gasteiger partial charge on any atom is 0.206 e. The predicted molar refractivity (Wildman–Crippen MR) is 77.4 cm³/mol. The van der Waals surface area contributed by atoms with E-state index in [0.29, 0.717) is 6.04 Å². The van der Waals surface area contributed by atoms with Gasteiger partial charge in [0.2, 0.25) is 5.95 Å². The molecule has 4 heteroatoms. The number of benzene rings is 1. The highest BCUT2D eigenvalue weighted by molar-refractivity contribution is 5.78. The van der Waals surface area contributed by atoms with Crippen LogP contribution < -0.4 is 10.2 Å². The molecule has 2 aliphatic heterocycles. The van der Waals surface area contributed by atoms with Gasteiger partial charge >= 0.3 is 0 Å². The Morgan fingerprint density at radius 1 is 1.26 bits per heavy atom. The lowest BCUT2D eigenvalue weighted by Gasteiger charge is -2.24. The van der Waals surface area contributed by atoms with Crippen molar-refractivity contribution in [3.63, 3.8) is 0 Å². The van der Waals surface area contributed by atoms with Crippen molar-refractivity contribution in [3.8, 4) is 0 Å². The van der Waals surface area contributed by atoms with Gasteiger partial charge in [0.1, 0.15) is 0 Å². The van der Waals surface area contributed by atoms with E-state index in [9.17, 15) is 0 Å². The monoisotopic (exact) mass is 256 g/mol. The minimum atomic E-state index is 0.661. The fraction of sp³-hybridized carbons (Fsp3) is 0.533. The van der Waals surface area contributed by atoms with Crippen LogP contribution in [0, 0.1) is 5.92 Å². The van der Waals surface area contributed by atoms with Gasteiger partial charge in [-0.15, -0.1) is 0 Å². The zero-order valence-corrected chi connectivity index (χ0v) is 11.3. The number of piperidine rings is 1. The molecule has 2 aliphatic rings. The van der Waals surface area contributed by atoms with E-state index >= 15 is 0 Å². The number of fused-ring (bicyclic) bond motifs is 2. The fourth-order valence-electron chi connectivity index (χ4n) is 3.63. The molecule has 1 aromatic heterocycles. The van der Waals surface area contributed by atoms with E-state index in [4.69, 9.17) is 4.98 Å². The van der Waals surface area contributed by atoms with Crippen molar-refractivity contribution >= 4 is 17.0 Å². The second kappa shape index (κ2) is 4.23. The van der Waals surface area contributed by atoms with Gasteiger partial charge in [0.25, 0.3) is 0 Å². The summed E-state index contributed by atoms with van der Waals surface area (Å²) in [6.45, 7) is 3.42. The second-order valence-corrected chi connectivity index (χ2v) is 5.83. The molecule has 2 atom stereocenters. The zero-order valence-electron chi connectivity index (χ0n) is 11.3. The lowest BCUT2D eigenvalue weighted by Crippen LogP contribution is -2.40. The number of rotatable bonds is 1. The number of imidazole rings is 1. The van der Waals surface area contributed by atoms with Crippen LogP contribution in [0.1, 0.15) is 12.8 Å². The van der Waals surface area contributed by atoms with Gasteiger partial charge in [0.05, 0.1) is 11.0 Å². The molecule has 19 heavy (non-hydrogen) atoms. The molecule has 4 nitrogen and oxygen atoms in total. The molecule has 2 saturated heterocycles. The van der Waals surface area contributed by atoms with E-state index in [1.54, 1.807) is 0 Å². The Labute approximate surface area is 113 Å². The smallest absolute Gasteiger partial charge is 0.206 e. The molecule has 1 aromatic carbocycles. The van der Waals surface area contributed by atoms with E-state index < -0.39 is 0 Å². The quantitative estimate of drug-likeness (QED) is 0.844. The number of aryl methyl sites for hydroxylation is 1. The van der Waals surface area contributed by atoms with Crippen molar-refractivity contribution < 1.29 is 0 Å². The Kier molecular flexibility index (Phi) is 2.52. The Bertz CT molecular complexity index is 589. The normalized spacial score (nSPS) is 26.9. The van der Waals surface area contributed by atoms with Gasteiger partial charge in [0.15, 0.2) is 0 Å². The highest BCUT2D eigenvalue weighted by Gasteiger charge is 2.35. The third-order valence-corrected chi connectivity index (χ3v) is 4.65. The lowest BCUT2D eigenvalue weighted by atomic mass is 9.94. The molecular weight excluding hydrogens is 236 g/mol. The third kappa shape index (κ3) is 1.74. The highest BCUT2D eigenvalue weighted by atomic mass is 15.3. The topological polar surface area (TPSA) is 33.1 Å². The van der Waals surface area contributed by atoms with Crippen LogP contribution in [0.2, 0.25) is 0 Å². The molecule has 0 radical (unpaired) electrons. The largest absolute Gasteiger partial charge is 0.340 e. The Morgan fingerprint density at radius 2 is 2.16 bits per heavy atom. The summed E-state index contributed by atoms with van der Waals surface area (Å²) in [5, 5.41) is 3.66. The van der Waals surface area contributed by atoms with Crippen molar-refractivity contribution in [1.82, 2.24) is 14.9 Å². The van der Waals surface area contributed by atoms with E-state index in [1.807, 2.05) is 0 Å². The summed E-state index contributed by atoms with van der Waals surface area (Å²) in [6.07, 6.45) is 2.68. The maximum absolute atomic E-state index is 4.81. The first-order valence-corrected chi connectivity index (χ1v) is 7.23. The van der Waals surface area contributed by atoms with Crippen LogP contribution in [0.3, 0.4) is 0 Å². The van der Waals surface area contributed by atoms with Gasteiger partial charge in [-0.3, -0.25) is 0 Å². The second-order valence-electron chi connectivity index (χ2n) is 5.83. The molecule has 0 unspecified atom stereocenters. The van der Waals surface area contributed by atoms with Gasteiger partial charge in [-0.1, -0.05) is 12.1 Å². The Morgan fingerprint density at radius 3 is 3.00 bits per heavy atom. The molecule has 2 aromatic rings. The first-order valence-electron chi connectivity index (χ1n) is 7.23. The summed E-state index contributed by atoms with van der Waals surface area (Å²) in [4.78, 5) is 7.27. The van der Waals surface area contributed by atoms with Crippen LogP contribution in [0.15, 0.2) is 24.3 Å². The van der Waals surface area contributed by atoms with Crippen molar-refractivity contribution in [2.24, 2.45) is 13.0 Å². The number of aromatic nitrogens is 2. The van der Waals surface area contributed by atoms with Gasteiger partial charge in [-0.2, -0.15) is 0 Å².